The Morgan fingerprint density at radius 1 is 1.31 bits per heavy atom. The summed E-state index contributed by atoms with van der Waals surface area (Å²) in [5.41, 5.74) is 0.516. The van der Waals surface area contributed by atoms with Crippen LogP contribution in [0, 0.1) is 0 Å². The molecule has 0 N–H and O–H groups in total. The second-order valence-corrected chi connectivity index (χ2v) is 3.29. The summed E-state index contributed by atoms with van der Waals surface area (Å²) in [5, 5.41) is 0. The van der Waals surface area contributed by atoms with E-state index in [0.717, 1.165) is 18.6 Å². The summed E-state index contributed by atoms with van der Waals surface area (Å²) in [5.74, 6) is 0.369. The Hall–Kier alpha value is -1.77. The summed E-state index contributed by atoms with van der Waals surface area (Å²) < 4.78 is 9.94. The van der Waals surface area contributed by atoms with Crippen LogP contribution in [-0.2, 0) is 4.74 Å². The SMILES string of the molecule is CCC/C=C\OC(=O)c1ccc(OC)cc1. The van der Waals surface area contributed by atoms with E-state index in [1.807, 2.05) is 6.08 Å². The molecule has 0 atom stereocenters. The minimum atomic E-state index is -0.352. The van der Waals surface area contributed by atoms with Crippen molar-refractivity contribution >= 4 is 5.97 Å². The molecule has 3 heteroatoms. The molecule has 16 heavy (non-hydrogen) atoms. The van der Waals surface area contributed by atoms with E-state index >= 15 is 0 Å². The third-order valence-corrected chi connectivity index (χ3v) is 2.05. The van der Waals surface area contributed by atoms with Crippen molar-refractivity contribution in [1.29, 1.82) is 0 Å². The Bertz CT molecular complexity index is 352. The van der Waals surface area contributed by atoms with Crippen molar-refractivity contribution in [3.05, 3.63) is 42.2 Å². The smallest absolute Gasteiger partial charge is 0.342 e. The zero-order valence-corrected chi connectivity index (χ0v) is 9.60. The number of esters is 1. The lowest BCUT2D eigenvalue weighted by molar-refractivity contribution is 0.0662. The summed E-state index contributed by atoms with van der Waals surface area (Å²) in [6.07, 6.45) is 5.23. The van der Waals surface area contributed by atoms with Crippen LogP contribution in [0.4, 0.5) is 0 Å². The van der Waals surface area contributed by atoms with Crippen LogP contribution in [0.1, 0.15) is 30.1 Å². The van der Waals surface area contributed by atoms with Crippen LogP contribution in [0.3, 0.4) is 0 Å². The van der Waals surface area contributed by atoms with Gasteiger partial charge in [-0.25, -0.2) is 4.79 Å². The Kier molecular flexibility index (Phi) is 5.12. The molecule has 0 aliphatic heterocycles. The molecule has 0 unspecified atom stereocenters. The average molecular weight is 220 g/mol. The minimum Gasteiger partial charge on any atom is -0.497 e. The average Bonchev–Trinajstić information content (AvgIpc) is 2.34. The van der Waals surface area contributed by atoms with E-state index in [4.69, 9.17) is 9.47 Å². The van der Waals surface area contributed by atoms with Crippen LogP contribution in [0.25, 0.3) is 0 Å². The van der Waals surface area contributed by atoms with E-state index in [1.165, 1.54) is 6.26 Å². The van der Waals surface area contributed by atoms with Crippen LogP contribution in [0.2, 0.25) is 0 Å². The fraction of sp³-hybridized carbons (Fsp3) is 0.308. The monoisotopic (exact) mass is 220 g/mol. The highest BCUT2D eigenvalue weighted by Crippen LogP contribution is 2.12. The van der Waals surface area contributed by atoms with Gasteiger partial charge in [0.15, 0.2) is 0 Å². The van der Waals surface area contributed by atoms with Gasteiger partial charge < -0.3 is 9.47 Å². The van der Waals surface area contributed by atoms with Crippen LogP contribution >= 0.6 is 0 Å². The van der Waals surface area contributed by atoms with Gasteiger partial charge in [-0.1, -0.05) is 13.3 Å². The van der Waals surface area contributed by atoms with Crippen molar-refractivity contribution in [3.8, 4) is 5.75 Å². The summed E-state index contributed by atoms with van der Waals surface area (Å²) >= 11 is 0. The second kappa shape index (κ2) is 6.67. The van der Waals surface area contributed by atoms with Crippen molar-refractivity contribution in [2.45, 2.75) is 19.8 Å². The molecule has 1 aromatic rings. The van der Waals surface area contributed by atoms with Gasteiger partial charge >= 0.3 is 5.97 Å². The first-order valence-electron chi connectivity index (χ1n) is 5.28. The number of hydrogen-bond acceptors (Lipinski definition) is 3. The number of ether oxygens (including phenoxy) is 2. The van der Waals surface area contributed by atoms with Gasteiger partial charge in [-0.15, -0.1) is 0 Å². The van der Waals surface area contributed by atoms with Crippen LogP contribution in [0.15, 0.2) is 36.6 Å². The number of methoxy groups -OCH3 is 1. The first-order chi connectivity index (χ1) is 7.77. The standard InChI is InChI=1S/C13H16O3/c1-3-4-5-10-16-13(14)11-6-8-12(15-2)9-7-11/h5-10H,3-4H2,1-2H3/b10-5-. The molecule has 1 aromatic carbocycles. The third-order valence-electron chi connectivity index (χ3n) is 2.05. The first-order valence-corrected chi connectivity index (χ1v) is 5.28. The normalized spacial score (nSPS) is 10.4. The van der Waals surface area contributed by atoms with E-state index in [9.17, 15) is 4.79 Å². The summed E-state index contributed by atoms with van der Waals surface area (Å²) in [6, 6.07) is 6.81. The van der Waals surface area contributed by atoms with Crippen molar-refractivity contribution < 1.29 is 14.3 Å². The Labute approximate surface area is 95.7 Å². The maximum Gasteiger partial charge on any atom is 0.342 e. The lowest BCUT2D eigenvalue weighted by Gasteiger charge is -2.01. The van der Waals surface area contributed by atoms with Gasteiger partial charge in [-0.2, -0.15) is 0 Å². The Morgan fingerprint density at radius 2 is 2.00 bits per heavy atom. The van der Waals surface area contributed by atoms with Crippen LogP contribution in [0.5, 0.6) is 5.75 Å². The van der Waals surface area contributed by atoms with Gasteiger partial charge in [0.05, 0.1) is 18.9 Å². The highest BCUT2D eigenvalue weighted by molar-refractivity contribution is 5.89. The van der Waals surface area contributed by atoms with Crippen LogP contribution in [-0.4, -0.2) is 13.1 Å². The molecule has 0 fully saturated rings. The lowest BCUT2D eigenvalue weighted by Crippen LogP contribution is -2.00. The molecular formula is C13H16O3. The third kappa shape index (κ3) is 3.77. The molecule has 0 heterocycles. The van der Waals surface area contributed by atoms with Crippen molar-refractivity contribution in [3.63, 3.8) is 0 Å². The maximum absolute atomic E-state index is 11.5. The van der Waals surface area contributed by atoms with Gasteiger partial charge in [0.2, 0.25) is 0 Å². The fourth-order valence-corrected chi connectivity index (χ4v) is 1.14. The van der Waals surface area contributed by atoms with E-state index in [1.54, 1.807) is 31.4 Å². The molecule has 0 amide bonds. The molecule has 0 aromatic heterocycles. The van der Waals surface area contributed by atoms with Crippen molar-refractivity contribution in [2.24, 2.45) is 0 Å². The van der Waals surface area contributed by atoms with Gasteiger partial charge in [-0.3, -0.25) is 0 Å². The maximum atomic E-state index is 11.5. The van der Waals surface area contributed by atoms with Gasteiger partial charge in [-0.05, 0) is 36.8 Å². The minimum absolute atomic E-state index is 0.352. The number of hydrogen-bond donors (Lipinski definition) is 0. The predicted octanol–water partition coefficient (Wildman–Crippen LogP) is 3.17. The molecule has 0 saturated heterocycles. The second-order valence-electron chi connectivity index (χ2n) is 3.29. The number of unbranched alkanes of at least 4 members (excludes halogenated alkanes) is 1. The van der Waals surface area contributed by atoms with Gasteiger partial charge in [0, 0.05) is 0 Å². The number of carbonyl (C=O) groups excluding carboxylic acids is 1. The van der Waals surface area contributed by atoms with Crippen LogP contribution < -0.4 is 4.74 Å². The highest BCUT2D eigenvalue weighted by Gasteiger charge is 2.04. The number of carbonyl (C=O) groups is 1. The number of benzene rings is 1. The summed E-state index contributed by atoms with van der Waals surface area (Å²) in [6.45, 7) is 2.07. The number of rotatable bonds is 5. The van der Waals surface area contributed by atoms with Gasteiger partial charge in [0.1, 0.15) is 5.75 Å². The zero-order valence-electron chi connectivity index (χ0n) is 9.60. The van der Waals surface area contributed by atoms with E-state index in [2.05, 4.69) is 6.92 Å². The zero-order chi connectivity index (χ0) is 11.8. The first kappa shape index (κ1) is 12.3. The van der Waals surface area contributed by atoms with E-state index in [-0.39, 0.29) is 5.97 Å². The molecule has 0 spiro atoms. The van der Waals surface area contributed by atoms with Crippen molar-refractivity contribution in [2.75, 3.05) is 7.11 Å². The topological polar surface area (TPSA) is 35.5 Å². The molecule has 86 valence electrons. The summed E-state index contributed by atoms with van der Waals surface area (Å²) in [7, 11) is 1.58. The molecule has 0 radical (unpaired) electrons. The summed E-state index contributed by atoms with van der Waals surface area (Å²) in [4.78, 5) is 11.5. The molecule has 1 rings (SSSR count). The molecule has 0 aliphatic rings. The highest BCUT2D eigenvalue weighted by atomic mass is 16.5. The lowest BCUT2D eigenvalue weighted by atomic mass is 10.2. The number of allylic oxidation sites excluding steroid dienone is 1. The molecular weight excluding hydrogens is 204 g/mol. The van der Waals surface area contributed by atoms with Gasteiger partial charge in [0.25, 0.3) is 0 Å². The quantitative estimate of drug-likeness (QED) is 0.564. The van der Waals surface area contributed by atoms with E-state index in [0.29, 0.717) is 5.56 Å². The Morgan fingerprint density at radius 3 is 2.56 bits per heavy atom. The largest absolute Gasteiger partial charge is 0.497 e. The fourth-order valence-electron chi connectivity index (χ4n) is 1.14. The Balaban J connectivity index is 2.52. The predicted molar refractivity (Wildman–Crippen MR) is 62.5 cm³/mol. The molecule has 0 saturated carbocycles. The molecule has 0 bridgehead atoms. The van der Waals surface area contributed by atoms with E-state index < -0.39 is 0 Å². The van der Waals surface area contributed by atoms with Crippen molar-refractivity contribution in [1.82, 2.24) is 0 Å². The molecule has 0 aliphatic carbocycles. The molecule has 3 nitrogen and oxygen atoms in total.